The van der Waals surface area contributed by atoms with Gasteiger partial charge in [0.15, 0.2) is 0 Å². The summed E-state index contributed by atoms with van der Waals surface area (Å²) in [7, 11) is 1.68. The van der Waals surface area contributed by atoms with Crippen LogP contribution in [0.15, 0.2) is 77.6 Å². The average Bonchev–Trinajstić information content (AvgIpc) is 3.03. The van der Waals surface area contributed by atoms with Crippen molar-refractivity contribution in [2.75, 3.05) is 0 Å². The Morgan fingerprint density at radius 3 is 2.37 bits per heavy atom. The fourth-order valence-corrected chi connectivity index (χ4v) is 3.47. The maximum Gasteiger partial charge on any atom is 0.329 e. The first-order chi connectivity index (χ1) is 14.6. The Kier molecular flexibility index (Phi) is 5.19. The molecule has 6 heteroatoms. The topological polar surface area (TPSA) is 77.0 Å². The van der Waals surface area contributed by atoms with Crippen LogP contribution in [0.2, 0.25) is 0 Å². The highest BCUT2D eigenvalue weighted by atomic mass is 16.5. The van der Waals surface area contributed by atoms with E-state index in [1.165, 1.54) is 9.13 Å². The number of esters is 1. The molecule has 0 aliphatic rings. The number of carbonyl (C=O) groups is 1. The van der Waals surface area contributed by atoms with Crippen molar-refractivity contribution in [3.63, 3.8) is 0 Å². The minimum absolute atomic E-state index is 0.110. The maximum absolute atomic E-state index is 12.4. The summed E-state index contributed by atoms with van der Waals surface area (Å²) in [5, 5.41) is 9.25. The summed E-state index contributed by atoms with van der Waals surface area (Å²) in [5.74, 6) is -0.479. The molecule has 0 fully saturated rings. The molecule has 0 bridgehead atoms. The molecule has 4 rings (SSSR count). The second kappa shape index (κ2) is 8.10. The Balaban J connectivity index is 1.45. The molecule has 6 nitrogen and oxygen atoms in total. The Hall–Kier alpha value is -4.11. The number of nitriles is 1. The number of aryl methyl sites for hydroxylation is 1. The average molecular weight is 397 g/mol. The van der Waals surface area contributed by atoms with E-state index in [-0.39, 0.29) is 18.8 Å². The fraction of sp³-hybridized carbons (Fsp3) is 0.125. The van der Waals surface area contributed by atoms with E-state index >= 15 is 0 Å². The van der Waals surface area contributed by atoms with Crippen LogP contribution in [0.3, 0.4) is 0 Å². The highest BCUT2D eigenvalue weighted by molar-refractivity contribution is 5.78. The molecule has 0 unspecified atom stereocenters. The van der Waals surface area contributed by atoms with Crippen LogP contribution in [-0.2, 0) is 29.7 Å². The van der Waals surface area contributed by atoms with Gasteiger partial charge in [-0.25, -0.2) is 4.79 Å². The number of imidazole rings is 1. The van der Waals surface area contributed by atoms with Gasteiger partial charge in [-0.15, -0.1) is 0 Å². The van der Waals surface area contributed by atoms with Crippen LogP contribution in [0.4, 0.5) is 0 Å². The van der Waals surface area contributed by atoms with Crippen LogP contribution in [0.1, 0.15) is 11.1 Å². The number of ether oxygens (including phenoxy) is 1. The molecule has 1 heterocycles. The van der Waals surface area contributed by atoms with Crippen LogP contribution in [0.5, 0.6) is 0 Å². The van der Waals surface area contributed by atoms with Gasteiger partial charge in [0.2, 0.25) is 0 Å². The van der Waals surface area contributed by atoms with Crippen LogP contribution >= 0.6 is 0 Å². The third-order valence-electron chi connectivity index (χ3n) is 5.05. The molecule has 148 valence electrons. The van der Waals surface area contributed by atoms with Crippen LogP contribution in [-0.4, -0.2) is 15.1 Å². The van der Waals surface area contributed by atoms with Gasteiger partial charge < -0.3 is 4.74 Å². The summed E-state index contributed by atoms with van der Waals surface area (Å²) in [6.45, 7) is -0.0354. The molecule has 30 heavy (non-hydrogen) atoms. The van der Waals surface area contributed by atoms with E-state index in [9.17, 15) is 14.9 Å². The van der Waals surface area contributed by atoms with Gasteiger partial charge in [0.25, 0.3) is 0 Å². The van der Waals surface area contributed by atoms with Crippen molar-refractivity contribution in [3.8, 4) is 17.2 Å². The highest BCUT2D eigenvalue weighted by Gasteiger charge is 2.14. The van der Waals surface area contributed by atoms with E-state index in [0.29, 0.717) is 11.1 Å². The Morgan fingerprint density at radius 1 is 0.967 bits per heavy atom. The van der Waals surface area contributed by atoms with Crippen molar-refractivity contribution in [1.29, 1.82) is 5.26 Å². The number of para-hydroxylation sites is 2. The zero-order chi connectivity index (χ0) is 21.1. The van der Waals surface area contributed by atoms with Crippen molar-refractivity contribution in [2.45, 2.75) is 13.2 Å². The van der Waals surface area contributed by atoms with E-state index < -0.39 is 5.97 Å². The molecule has 0 saturated heterocycles. The molecule has 3 aromatic carbocycles. The van der Waals surface area contributed by atoms with Crippen LogP contribution in [0, 0.1) is 11.3 Å². The zero-order valence-corrected chi connectivity index (χ0v) is 16.4. The van der Waals surface area contributed by atoms with Crippen molar-refractivity contribution < 1.29 is 9.53 Å². The molecule has 0 aliphatic heterocycles. The summed E-state index contributed by atoms with van der Waals surface area (Å²) in [5.41, 5.74) is 4.42. The van der Waals surface area contributed by atoms with Gasteiger partial charge in [0.1, 0.15) is 13.2 Å². The molecule has 4 aromatic rings. The van der Waals surface area contributed by atoms with Gasteiger partial charge in [0, 0.05) is 7.05 Å². The third-order valence-corrected chi connectivity index (χ3v) is 5.05. The van der Waals surface area contributed by atoms with E-state index in [1.54, 1.807) is 13.1 Å². The van der Waals surface area contributed by atoms with Crippen LogP contribution < -0.4 is 5.69 Å². The molecule has 1 aromatic heterocycles. The zero-order valence-electron chi connectivity index (χ0n) is 16.4. The van der Waals surface area contributed by atoms with E-state index in [1.807, 2.05) is 66.7 Å². The van der Waals surface area contributed by atoms with E-state index in [0.717, 1.165) is 22.2 Å². The second-order valence-electron chi connectivity index (χ2n) is 6.93. The summed E-state index contributed by atoms with van der Waals surface area (Å²) in [6, 6.07) is 24.4. The molecule has 0 amide bonds. The number of fused-ring (bicyclic) bond motifs is 1. The van der Waals surface area contributed by atoms with Gasteiger partial charge in [0.05, 0.1) is 22.7 Å². The first-order valence-electron chi connectivity index (χ1n) is 9.47. The van der Waals surface area contributed by atoms with Crippen molar-refractivity contribution in [2.24, 2.45) is 7.05 Å². The normalized spacial score (nSPS) is 10.7. The molecule has 0 saturated carbocycles. The number of rotatable bonds is 5. The molecule has 0 aliphatic carbocycles. The number of benzene rings is 3. The maximum atomic E-state index is 12.4. The summed E-state index contributed by atoms with van der Waals surface area (Å²) < 4.78 is 8.31. The minimum Gasteiger partial charge on any atom is -0.459 e. The fourth-order valence-electron chi connectivity index (χ4n) is 3.47. The predicted molar refractivity (Wildman–Crippen MR) is 114 cm³/mol. The van der Waals surface area contributed by atoms with Gasteiger partial charge in [-0.1, -0.05) is 54.6 Å². The highest BCUT2D eigenvalue weighted by Crippen LogP contribution is 2.23. The molecular weight excluding hydrogens is 378 g/mol. The lowest BCUT2D eigenvalue weighted by Gasteiger charge is -2.08. The van der Waals surface area contributed by atoms with E-state index in [4.69, 9.17) is 4.74 Å². The summed E-state index contributed by atoms with van der Waals surface area (Å²) >= 11 is 0. The van der Waals surface area contributed by atoms with Crippen molar-refractivity contribution in [1.82, 2.24) is 9.13 Å². The first-order valence-corrected chi connectivity index (χ1v) is 9.47. The van der Waals surface area contributed by atoms with Gasteiger partial charge in [-0.05, 0) is 34.9 Å². The van der Waals surface area contributed by atoms with Gasteiger partial charge in [-0.3, -0.25) is 13.9 Å². The first kappa shape index (κ1) is 19.2. The number of nitrogens with zero attached hydrogens (tertiary/aromatic N) is 3. The lowest BCUT2D eigenvalue weighted by molar-refractivity contribution is -0.145. The molecule has 0 atom stereocenters. The molecule has 0 spiro atoms. The van der Waals surface area contributed by atoms with Gasteiger partial charge in [-0.2, -0.15) is 5.26 Å². The lowest BCUT2D eigenvalue weighted by atomic mass is 9.99. The molecule has 0 radical (unpaired) electrons. The Labute approximate surface area is 173 Å². The molecular formula is C24H19N3O3. The number of aromatic nitrogens is 2. The number of hydrogen-bond donors (Lipinski definition) is 0. The summed E-state index contributed by atoms with van der Waals surface area (Å²) in [6.07, 6.45) is 0. The quantitative estimate of drug-likeness (QED) is 0.482. The van der Waals surface area contributed by atoms with Crippen LogP contribution in [0.25, 0.3) is 22.2 Å². The van der Waals surface area contributed by atoms with E-state index in [2.05, 4.69) is 6.07 Å². The standard InChI is InChI=1S/C24H19N3O3/c1-26-21-8-4-5-9-22(21)27(24(26)29)15-23(28)30-16-17-10-12-18(13-11-17)20-7-3-2-6-19(20)14-25/h2-13H,15-16H2,1H3. The lowest BCUT2D eigenvalue weighted by Crippen LogP contribution is -2.26. The number of carbonyl (C=O) groups excluding carboxylic acids is 1. The van der Waals surface area contributed by atoms with Crippen molar-refractivity contribution >= 4 is 17.0 Å². The Bertz CT molecular complexity index is 1320. The third kappa shape index (κ3) is 3.61. The largest absolute Gasteiger partial charge is 0.459 e. The minimum atomic E-state index is -0.479. The van der Waals surface area contributed by atoms with Crippen molar-refractivity contribution in [3.05, 3.63) is 94.4 Å². The molecule has 0 N–H and O–H groups in total. The SMILES string of the molecule is Cn1c(=O)n(CC(=O)OCc2ccc(-c3ccccc3C#N)cc2)c2ccccc21. The summed E-state index contributed by atoms with van der Waals surface area (Å²) in [4.78, 5) is 24.8. The monoisotopic (exact) mass is 397 g/mol. The predicted octanol–water partition coefficient (Wildman–Crippen LogP) is 3.62. The Morgan fingerprint density at radius 2 is 1.63 bits per heavy atom. The van der Waals surface area contributed by atoms with Gasteiger partial charge >= 0.3 is 11.7 Å². The second-order valence-corrected chi connectivity index (χ2v) is 6.93. The smallest absolute Gasteiger partial charge is 0.329 e. The number of hydrogen-bond acceptors (Lipinski definition) is 4.